The first-order valence-corrected chi connectivity index (χ1v) is 7.79. The van der Waals surface area contributed by atoms with Gasteiger partial charge in [-0.2, -0.15) is 0 Å². The van der Waals surface area contributed by atoms with E-state index in [1.165, 1.54) is 18.9 Å². The van der Waals surface area contributed by atoms with Gasteiger partial charge in [-0.1, -0.05) is 30.3 Å². The van der Waals surface area contributed by atoms with Crippen LogP contribution in [0, 0.1) is 0 Å². The van der Waals surface area contributed by atoms with Crippen molar-refractivity contribution in [2.75, 3.05) is 12.9 Å². The van der Waals surface area contributed by atoms with E-state index < -0.39 is 0 Å². The predicted molar refractivity (Wildman–Crippen MR) is 86.8 cm³/mol. The second-order valence-corrected chi connectivity index (χ2v) is 5.62. The molecule has 2 aromatic carbocycles. The fraction of sp³-hybridized carbons (Fsp3) is 0.176. The van der Waals surface area contributed by atoms with E-state index in [1.54, 1.807) is 24.3 Å². The number of thioether (sulfide) groups is 1. The molecule has 0 saturated carbocycles. The van der Waals surface area contributed by atoms with Crippen LogP contribution in [0.25, 0.3) is 0 Å². The van der Waals surface area contributed by atoms with Crippen LogP contribution in [0.2, 0.25) is 0 Å². The number of methoxy groups -OCH3 is 1. The summed E-state index contributed by atoms with van der Waals surface area (Å²) in [6, 6.07) is 16.8. The van der Waals surface area contributed by atoms with Crippen LogP contribution in [0.15, 0.2) is 59.5 Å². The first-order chi connectivity index (χ1) is 10.7. The summed E-state index contributed by atoms with van der Waals surface area (Å²) in [6.45, 7) is 0.440. The van der Waals surface area contributed by atoms with Crippen molar-refractivity contribution < 1.29 is 14.3 Å². The lowest BCUT2D eigenvalue weighted by Gasteiger charge is -2.06. The highest BCUT2D eigenvalue weighted by atomic mass is 32.2. The molecule has 1 N–H and O–H groups in total. The van der Waals surface area contributed by atoms with Gasteiger partial charge in [-0.3, -0.25) is 4.79 Å². The summed E-state index contributed by atoms with van der Waals surface area (Å²) in [7, 11) is 1.35. The van der Waals surface area contributed by atoms with Crippen LogP contribution in [-0.4, -0.2) is 24.7 Å². The van der Waals surface area contributed by atoms with E-state index in [9.17, 15) is 9.59 Å². The lowest BCUT2D eigenvalue weighted by atomic mass is 10.1. The van der Waals surface area contributed by atoms with Gasteiger partial charge in [0, 0.05) is 11.4 Å². The molecule has 0 aromatic heterocycles. The van der Waals surface area contributed by atoms with E-state index >= 15 is 0 Å². The van der Waals surface area contributed by atoms with Crippen molar-refractivity contribution in [1.82, 2.24) is 5.32 Å². The number of ether oxygens (including phenoxy) is 1. The highest BCUT2D eigenvalue weighted by molar-refractivity contribution is 8.00. The lowest BCUT2D eigenvalue weighted by Crippen LogP contribution is -2.24. The number of carbonyl (C=O) groups is 2. The molecule has 0 bridgehead atoms. The highest BCUT2D eigenvalue weighted by Gasteiger charge is 2.06. The monoisotopic (exact) mass is 315 g/mol. The summed E-state index contributed by atoms with van der Waals surface area (Å²) >= 11 is 1.50. The van der Waals surface area contributed by atoms with Gasteiger partial charge < -0.3 is 10.1 Å². The van der Waals surface area contributed by atoms with Crippen LogP contribution in [0.5, 0.6) is 0 Å². The van der Waals surface area contributed by atoms with Gasteiger partial charge in [0.25, 0.3) is 0 Å². The Morgan fingerprint density at radius 2 is 1.73 bits per heavy atom. The largest absolute Gasteiger partial charge is 0.465 e. The fourth-order valence-electron chi connectivity index (χ4n) is 1.79. The molecule has 0 radical (unpaired) electrons. The van der Waals surface area contributed by atoms with Gasteiger partial charge in [0.2, 0.25) is 5.91 Å². The number of benzene rings is 2. The Morgan fingerprint density at radius 3 is 2.36 bits per heavy atom. The average molecular weight is 315 g/mol. The van der Waals surface area contributed by atoms with Crippen molar-refractivity contribution in [3.05, 3.63) is 65.7 Å². The van der Waals surface area contributed by atoms with E-state index in [2.05, 4.69) is 10.1 Å². The Labute approximate surface area is 133 Å². The van der Waals surface area contributed by atoms with Gasteiger partial charge in [0.1, 0.15) is 0 Å². The zero-order valence-corrected chi connectivity index (χ0v) is 13.1. The maximum atomic E-state index is 11.8. The second-order valence-electron chi connectivity index (χ2n) is 4.57. The molecule has 4 nitrogen and oxygen atoms in total. The molecule has 0 saturated heterocycles. The molecule has 22 heavy (non-hydrogen) atoms. The molecule has 1 amide bonds. The molecule has 0 aliphatic rings. The third kappa shape index (κ3) is 4.93. The van der Waals surface area contributed by atoms with Crippen LogP contribution >= 0.6 is 11.8 Å². The second kappa shape index (κ2) is 8.24. The molecule has 114 valence electrons. The Morgan fingerprint density at radius 1 is 1.05 bits per heavy atom. The quantitative estimate of drug-likeness (QED) is 0.658. The Balaban J connectivity index is 1.77. The maximum Gasteiger partial charge on any atom is 0.337 e. The summed E-state index contributed by atoms with van der Waals surface area (Å²) in [6.07, 6.45) is 0. The van der Waals surface area contributed by atoms with Gasteiger partial charge in [0.05, 0.1) is 18.4 Å². The number of nitrogens with one attached hydrogen (secondary N) is 1. The molecule has 0 fully saturated rings. The van der Waals surface area contributed by atoms with Gasteiger partial charge >= 0.3 is 5.97 Å². The van der Waals surface area contributed by atoms with Crippen LogP contribution in [0.3, 0.4) is 0 Å². The Kier molecular flexibility index (Phi) is 6.03. The topological polar surface area (TPSA) is 55.4 Å². The highest BCUT2D eigenvalue weighted by Crippen LogP contribution is 2.16. The van der Waals surface area contributed by atoms with E-state index in [4.69, 9.17) is 0 Å². The third-order valence-electron chi connectivity index (χ3n) is 2.98. The van der Waals surface area contributed by atoms with Crippen LogP contribution in [0.1, 0.15) is 15.9 Å². The lowest BCUT2D eigenvalue weighted by molar-refractivity contribution is -0.118. The number of rotatable bonds is 6. The minimum Gasteiger partial charge on any atom is -0.465 e. The molecule has 2 rings (SSSR count). The average Bonchev–Trinajstić information content (AvgIpc) is 2.58. The zero-order valence-electron chi connectivity index (χ0n) is 12.2. The standard InChI is InChI=1S/C17H17NO3S/c1-21-17(20)14-9-7-13(8-10-14)11-18-16(19)12-22-15-5-3-2-4-6-15/h2-10H,11-12H2,1H3,(H,18,19). The molecular formula is C17H17NO3S. The summed E-state index contributed by atoms with van der Waals surface area (Å²) in [5.41, 5.74) is 1.43. The maximum absolute atomic E-state index is 11.8. The van der Waals surface area contributed by atoms with Gasteiger partial charge in [-0.25, -0.2) is 4.79 Å². The molecular weight excluding hydrogens is 298 g/mol. The van der Waals surface area contributed by atoms with Crippen LogP contribution < -0.4 is 5.32 Å². The molecule has 5 heteroatoms. The normalized spacial score (nSPS) is 10.0. The van der Waals surface area contributed by atoms with Crippen molar-refractivity contribution in [2.24, 2.45) is 0 Å². The minimum absolute atomic E-state index is 0.0223. The zero-order chi connectivity index (χ0) is 15.8. The van der Waals surface area contributed by atoms with Gasteiger partial charge in [-0.15, -0.1) is 11.8 Å². The summed E-state index contributed by atoms with van der Waals surface area (Å²) in [5.74, 6) is -0.00898. The molecule has 0 spiro atoms. The molecule has 0 aliphatic heterocycles. The summed E-state index contributed by atoms with van der Waals surface area (Å²) < 4.78 is 4.64. The number of esters is 1. The van der Waals surface area contributed by atoms with E-state index in [1.807, 2.05) is 30.3 Å². The van der Waals surface area contributed by atoms with E-state index in [0.717, 1.165) is 10.5 Å². The fourth-order valence-corrected chi connectivity index (χ4v) is 2.54. The van der Waals surface area contributed by atoms with Crippen LogP contribution in [0.4, 0.5) is 0 Å². The van der Waals surface area contributed by atoms with E-state index in [-0.39, 0.29) is 11.9 Å². The van der Waals surface area contributed by atoms with Gasteiger partial charge in [0.15, 0.2) is 0 Å². The SMILES string of the molecule is COC(=O)c1ccc(CNC(=O)CSc2ccccc2)cc1. The number of hydrogen-bond acceptors (Lipinski definition) is 4. The minimum atomic E-state index is -0.366. The molecule has 0 unspecified atom stereocenters. The van der Waals surface area contributed by atoms with Crippen molar-refractivity contribution in [2.45, 2.75) is 11.4 Å². The first kappa shape index (κ1) is 16.1. The number of carbonyl (C=O) groups excluding carboxylic acids is 2. The van der Waals surface area contributed by atoms with Crippen molar-refractivity contribution >= 4 is 23.6 Å². The number of amides is 1. The third-order valence-corrected chi connectivity index (χ3v) is 3.99. The Hall–Kier alpha value is -2.27. The van der Waals surface area contributed by atoms with Crippen molar-refractivity contribution in [3.63, 3.8) is 0 Å². The Bertz CT molecular complexity index is 626. The molecule has 0 heterocycles. The van der Waals surface area contributed by atoms with E-state index in [0.29, 0.717) is 17.9 Å². The molecule has 2 aromatic rings. The summed E-state index contributed by atoms with van der Waals surface area (Å²) in [5, 5.41) is 2.86. The van der Waals surface area contributed by atoms with Gasteiger partial charge in [-0.05, 0) is 29.8 Å². The molecule has 0 aliphatic carbocycles. The predicted octanol–water partition coefficient (Wildman–Crippen LogP) is 2.88. The van der Waals surface area contributed by atoms with Crippen LogP contribution in [-0.2, 0) is 16.1 Å². The first-order valence-electron chi connectivity index (χ1n) is 6.81. The number of hydrogen-bond donors (Lipinski definition) is 1. The van der Waals surface area contributed by atoms with Crippen molar-refractivity contribution in [3.8, 4) is 0 Å². The molecule has 0 atom stereocenters. The van der Waals surface area contributed by atoms with Crippen molar-refractivity contribution in [1.29, 1.82) is 0 Å². The smallest absolute Gasteiger partial charge is 0.337 e. The summed E-state index contributed by atoms with van der Waals surface area (Å²) in [4.78, 5) is 24.2.